The number of nitrogens with one attached hydrogen (secondary N) is 1. The van der Waals surface area contributed by atoms with Gasteiger partial charge in [-0.15, -0.1) is 0 Å². The van der Waals surface area contributed by atoms with E-state index in [-0.39, 0.29) is 0 Å². The second kappa shape index (κ2) is 6.11. The number of ether oxygens (including phenoxy) is 1. The maximum Gasteiger partial charge on any atom is 0.152 e. The van der Waals surface area contributed by atoms with Crippen LogP contribution in [-0.2, 0) is 0 Å². The molecule has 0 bridgehead atoms. The third-order valence-electron chi connectivity index (χ3n) is 2.50. The molecule has 0 saturated carbocycles. The minimum absolute atomic E-state index is 0.445. The van der Waals surface area contributed by atoms with E-state index in [0.29, 0.717) is 0 Å². The molecule has 0 fully saturated rings. The van der Waals surface area contributed by atoms with Crippen LogP contribution in [0.2, 0.25) is 0 Å². The minimum Gasteiger partial charge on any atom is -0.494 e. The van der Waals surface area contributed by atoms with E-state index >= 15 is 0 Å². The molecule has 0 saturated heterocycles. The SMILES string of the molecule is CCOc1ccc([SiH2]Nc2ccccc2)cc1. The fourth-order valence-electron chi connectivity index (χ4n) is 1.63. The van der Waals surface area contributed by atoms with E-state index < -0.39 is 9.68 Å². The van der Waals surface area contributed by atoms with Crippen molar-refractivity contribution in [2.75, 3.05) is 11.6 Å². The molecule has 17 heavy (non-hydrogen) atoms. The van der Waals surface area contributed by atoms with Crippen LogP contribution in [0.15, 0.2) is 54.6 Å². The maximum absolute atomic E-state index is 5.42. The monoisotopic (exact) mass is 243 g/mol. The first-order valence-electron chi connectivity index (χ1n) is 5.89. The van der Waals surface area contributed by atoms with E-state index in [4.69, 9.17) is 4.74 Å². The summed E-state index contributed by atoms with van der Waals surface area (Å²) in [4.78, 5) is 3.51. The molecule has 2 rings (SSSR count). The van der Waals surface area contributed by atoms with Crippen LogP contribution in [0.25, 0.3) is 0 Å². The summed E-state index contributed by atoms with van der Waals surface area (Å²) in [5.74, 6) is 0.949. The first-order valence-corrected chi connectivity index (χ1v) is 7.30. The Morgan fingerprint density at radius 2 is 1.71 bits per heavy atom. The minimum atomic E-state index is -0.445. The van der Waals surface area contributed by atoms with E-state index in [2.05, 4.69) is 41.4 Å². The van der Waals surface area contributed by atoms with Gasteiger partial charge < -0.3 is 9.72 Å². The fourth-order valence-corrected chi connectivity index (χ4v) is 2.75. The van der Waals surface area contributed by atoms with Gasteiger partial charge in [0.25, 0.3) is 0 Å². The molecule has 2 aromatic rings. The number of para-hydroxylation sites is 1. The molecule has 2 nitrogen and oxygen atoms in total. The Bertz CT molecular complexity index is 442. The number of anilines is 1. The van der Waals surface area contributed by atoms with Crippen molar-refractivity contribution in [3.05, 3.63) is 54.6 Å². The number of hydrogen-bond acceptors (Lipinski definition) is 2. The predicted molar refractivity (Wildman–Crippen MR) is 75.9 cm³/mol. The van der Waals surface area contributed by atoms with Crippen LogP contribution in [0.5, 0.6) is 5.75 Å². The maximum atomic E-state index is 5.42. The third kappa shape index (κ3) is 3.64. The van der Waals surface area contributed by atoms with Crippen molar-refractivity contribution in [1.82, 2.24) is 0 Å². The molecule has 0 radical (unpaired) electrons. The van der Waals surface area contributed by atoms with Crippen molar-refractivity contribution in [3.8, 4) is 5.75 Å². The summed E-state index contributed by atoms with van der Waals surface area (Å²) in [5, 5.41) is 1.39. The summed E-state index contributed by atoms with van der Waals surface area (Å²) in [7, 11) is -0.445. The Kier molecular flexibility index (Phi) is 4.21. The van der Waals surface area contributed by atoms with E-state index in [1.165, 1.54) is 10.9 Å². The molecule has 2 aromatic carbocycles. The Balaban J connectivity index is 1.91. The molecule has 0 amide bonds. The standard InChI is InChI=1S/C14H17NOSi/c1-2-16-13-8-10-14(11-9-13)17-15-12-6-4-3-5-7-12/h3-11,15H,2,17H2,1H3. The lowest BCUT2D eigenvalue weighted by Crippen LogP contribution is -2.22. The predicted octanol–water partition coefficient (Wildman–Crippen LogP) is 1.91. The van der Waals surface area contributed by atoms with Gasteiger partial charge in [0.05, 0.1) is 6.61 Å². The lowest BCUT2D eigenvalue weighted by molar-refractivity contribution is 0.340. The summed E-state index contributed by atoms with van der Waals surface area (Å²) in [6.07, 6.45) is 0. The lowest BCUT2D eigenvalue weighted by Gasteiger charge is -2.07. The first kappa shape index (κ1) is 11.7. The normalized spacial score (nSPS) is 10.6. The zero-order chi connectivity index (χ0) is 11.9. The van der Waals surface area contributed by atoms with Gasteiger partial charge in [0.2, 0.25) is 0 Å². The zero-order valence-electron chi connectivity index (χ0n) is 10.0. The van der Waals surface area contributed by atoms with Gasteiger partial charge in [0.1, 0.15) is 5.75 Å². The van der Waals surface area contributed by atoms with Crippen LogP contribution < -0.4 is 14.9 Å². The average Bonchev–Trinajstić information content (AvgIpc) is 2.40. The average molecular weight is 243 g/mol. The molecule has 0 atom stereocenters. The molecule has 0 aliphatic carbocycles. The highest BCUT2D eigenvalue weighted by Gasteiger charge is 1.96. The highest BCUT2D eigenvalue weighted by atomic mass is 28.2. The van der Waals surface area contributed by atoms with Gasteiger partial charge >= 0.3 is 0 Å². The van der Waals surface area contributed by atoms with E-state index in [1.807, 2.05) is 25.1 Å². The van der Waals surface area contributed by atoms with E-state index in [1.54, 1.807) is 0 Å². The lowest BCUT2D eigenvalue weighted by atomic mass is 10.3. The Hall–Kier alpha value is -1.74. The Morgan fingerprint density at radius 3 is 2.35 bits per heavy atom. The molecular formula is C14H17NOSi. The molecule has 0 heterocycles. The summed E-state index contributed by atoms with van der Waals surface area (Å²) in [5.41, 5.74) is 1.20. The summed E-state index contributed by atoms with van der Waals surface area (Å²) >= 11 is 0. The van der Waals surface area contributed by atoms with Crippen molar-refractivity contribution in [2.24, 2.45) is 0 Å². The van der Waals surface area contributed by atoms with Gasteiger partial charge in [-0.25, -0.2) is 0 Å². The molecule has 1 N–H and O–H groups in total. The Morgan fingerprint density at radius 1 is 1.00 bits per heavy atom. The quantitative estimate of drug-likeness (QED) is 0.810. The van der Waals surface area contributed by atoms with Crippen LogP contribution in [-0.4, -0.2) is 16.3 Å². The summed E-state index contributed by atoms with van der Waals surface area (Å²) < 4.78 is 5.42. The smallest absolute Gasteiger partial charge is 0.152 e. The van der Waals surface area contributed by atoms with Crippen molar-refractivity contribution < 1.29 is 4.74 Å². The van der Waals surface area contributed by atoms with E-state index in [9.17, 15) is 0 Å². The van der Waals surface area contributed by atoms with Gasteiger partial charge in [-0.05, 0) is 36.4 Å². The third-order valence-corrected chi connectivity index (χ3v) is 3.97. The number of rotatable bonds is 5. The zero-order valence-corrected chi connectivity index (χ0v) is 11.4. The van der Waals surface area contributed by atoms with Crippen LogP contribution in [0.1, 0.15) is 6.92 Å². The van der Waals surface area contributed by atoms with Gasteiger partial charge in [-0.3, -0.25) is 0 Å². The number of benzene rings is 2. The number of hydrogen-bond donors (Lipinski definition) is 1. The molecular weight excluding hydrogens is 226 g/mol. The molecule has 0 aliphatic rings. The molecule has 0 aliphatic heterocycles. The van der Waals surface area contributed by atoms with Crippen molar-refractivity contribution in [3.63, 3.8) is 0 Å². The second-order valence-electron chi connectivity index (χ2n) is 3.80. The molecule has 0 unspecified atom stereocenters. The van der Waals surface area contributed by atoms with Gasteiger partial charge in [0, 0.05) is 5.69 Å². The van der Waals surface area contributed by atoms with Crippen LogP contribution in [0, 0.1) is 0 Å². The van der Waals surface area contributed by atoms with Crippen molar-refractivity contribution in [1.29, 1.82) is 0 Å². The van der Waals surface area contributed by atoms with Gasteiger partial charge in [-0.2, -0.15) is 0 Å². The largest absolute Gasteiger partial charge is 0.494 e. The molecule has 0 spiro atoms. The highest BCUT2D eigenvalue weighted by molar-refractivity contribution is 6.56. The second-order valence-corrected chi connectivity index (χ2v) is 5.32. The van der Waals surface area contributed by atoms with Gasteiger partial charge in [0.15, 0.2) is 9.68 Å². The van der Waals surface area contributed by atoms with Crippen molar-refractivity contribution >= 4 is 20.6 Å². The first-order chi connectivity index (χ1) is 8.38. The molecule has 3 heteroatoms. The molecule has 0 aromatic heterocycles. The Labute approximate surface area is 105 Å². The fraction of sp³-hybridized carbons (Fsp3) is 0.143. The van der Waals surface area contributed by atoms with Gasteiger partial charge in [-0.1, -0.05) is 30.3 Å². The van der Waals surface area contributed by atoms with E-state index in [0.717, 1.165) is 12.4 Å². The van der Waals surface area contributed by atoms with Crippen LogP contribution in [0.3, 0.4) is 0 Å². The molecule has 88 valence electrons. The summed E-state index contributed by atoms with van der Waals surface area (Å²) in [6.45, 7) is 2.72. The van der Waals surface area contributed by atoms with Crippen LogP contribution in [0.4, 0.5) is 5.69 Å². The van der Waals surface area contributed by atoms with Crippen molar-refractivity contribution in [2.45, 2.75) is 6.92 Å². The highest BCUT2D eigenvalue weighted by Crippen LogP contribution is 2.07. The topological polar surface area (TPSA) is 21.3 Å². The van der Waals surface area contributed by atoms with Crippen LogP contribution >= 0.6 is 0 Å². The summed E-state index contributed by atoms with van der Waals surface area (Å²) in [6, 6.07) is 18.7.